The van der Waals surface area contributed by atoms with Gasteiger partial charge in [0.2, 0.25) is 0 Å². The number of piperidine rings is 1. The molecule has 0 amide bonds. The number of Topliss-reactive ketones (excluding diaryl/α,β-unsaturated/α-hetero) is 1. The van der Waals surface area contributed by atoms with Crippen molar-refractivity contribution in [3.8, 4) is 0 Å². The van der Waals surface area contributed by atoms with Crippen LogP contribution >= 0.6 is 15.9 Å². The molecule has 0 N–H and O–H groups in total. The SMILES string of the molecule is C[C@@H]1C[C@H](CC(=O)OC(C)(C)C)CN(c2ccncc2CC(=O)c2ccc3ccc(Br)cc3n2)C1. The first-order valence-corrected chi connectivity index (χ1v) is 12.9. The molecule has 184 valence electrons. The standard InChI is InChI=1S/C28H32BrN3O3/c1-18-11-19(12-27(34)35-28(2,3)4)17-32(16-18)25-9-10-30-15-21(25)13-26(33)23-8-6-20-5-7-22(29)14-24(20)31-23/h5-10,14-15,18-19H,11-13,16-17H2,1-4H3/t18-,19-/m1/s1. The van der Waals surface area contributed by atoms with Crippen LogP contribution in [-0.4, -0.2) is 40.4 Å². The summed E-state index contributed by atoms with van der Waals surface area (Å²) in [6.45, 7) is 9.51. The molecule has 3 aromatic rings. The van der Waals surface area contributed by atoms with Crippen molar-refractivity contribution >= 4 is 44.3 Å². The highest BCUT2D eigenvalue weighted by Gasteiger charge is 2.29. The number of aromatic nitrogens is 2. The quantitative estimate of drug-likeness (QED) is 0.283. The van der Waals surface area contributed by atoms with E-state index in [0.29, 0.717) is 18.0 Å². The van der Waals surface area contributed by atoms with E-state index in [2.05, 4.69) is 37.7 Å². The van der Waals surface area contributed by atoms with Gasteiger partial charge in [0.25, 0.3) is 0 Å². The fourth-order valence-corrected chi connectivity index (χ4v) is 5.17. The highest BCUT2D eigenvalue weighted by Crippen LogP contribution is 2.31. The molecule has 0 spiro atoms. The van der Waals surface area contributed by atoms with Crippen LogP contribution in [0.4, 0.5) is 5.69 Å². The molecule has 0 unspecified atom stereocenters. The summed E-state index contributed by atoms with van der Waals surface area (Å²) in [5.74, 6) is 0.423. The zero-order valence-corrected chi connectivity index (χ0v) is 22.3. The predicted molar refractivity (Wildman–Crippen MR) is 142 cm³/mol. The van der Waals surface area contributed by atoms with Crippen LogP contribution in [0.15, 0.2) is 53.3 Å². The summed E-state index contributed by atoms with van der Waals surface area (Å²) in [5, 5.41) is 0.991. The number of ketones is 1. The Kier molecular flexibility index (Phi) is 7.55. The average Bonchev–Trinajstić information content (AvgIpc) is 2.77. The molecule has 2 atom stereocenters. The second kappa shape index (κ2) is 10.4. The topological polar surface area (TPSA) is 72.4 Å². The maximum absolute atomic E-state index is 13.2. The van der Waals surface area contributed by atoms with Crippen LogP contribution in [-0.2, 0) is 16.0 Å². The van der Waals surface area contributed by atoms with Crippen molar-refractivity contribution in [1.29, 1.82) is 0 Å². The molecule has 0 bridgehead atoms. The van der Waals surface area contributed by atoms with E-state index in [9.17, 15) is 9.59 Å². The number of hydrogen-bond donors (Lipinski definition) is 0. The number of carbonyl (C=O) groups excluding carboxylic acids is 2. The number of ether oxygens (including phenoxy) is 1. The van der Waals surface area contributed by atoms with Gasteiger partial charge in [-0.1, -0.05) is 35.0 Å². The molecular weight excluding hydrogens is 506 g/mol. The van der Waals surface area contributed by atoms with Gasteiger partial charge in [0.05, 0.1) is 11.9 Å². The number of halogens is 1. The lowest BCUT2D eigenvalue weighted by Crippen LogP contribution is -2.41. The Balaban J connectivity index is 1.51. The molecule has 35 heavy (non-hydrogen) atoms. The van der Waals surface area contributed by atoms with Crippen LogP contribution in [0.25, 0.3) is 10.9 Å². The molecule has 1 fully saturated rings. The summed E-state index contributed by atoms with van der Waals surface area (Å²) in [6, 6.07) is 11.5. The molecule has 2 aromatic heterocycles. The maximum Gasteiger partial charge on any atom is 0.306 e. The van der Waals surface area contributed by atoms with Crippen molar-refractivity contribution < 1.29 is 14.3 Å². The molecule has 4 rings (SSSR count). The highest BCUT2D eigenvalue weighted by molar-refractivity contribution is 9.10. The van der Waals surface area contributed by atoms with E-state index in [4.69, 9.17) is 4.74 Å². The summed E-state index contributed by atoms with van der Waals surface area (Å²) in [4.78, 5) is 36.8. The molecule has 6 nitrogen and oxygen atoms in total. The van der Waals surface area contributed by atoms with Crippen LogP contribution < -0.4 is 4.90 Å². The van der Waals surface area contributed by atoms with Crippen LogP contribution in [0.5, 0.6) is 0 Å². The van der Waals surface area contributed by atoms with Crippen molar-refractivity contribution in [3.05, 3.63) is 64.5 Å². The molecular formula is C28H32BrN3O3. The minimum atomic E-state index is -0.484. The Morgan fingerprint density at radius 3 is 2.69 bits per heavy atom. The summed E-state index contributed by atoms with van der Waals surface area (Å²) >= 11 is 3.47. The average molecular weight is 538 g/mol. The van der Waals surface area contributed by atoms with Gasteiger partial charge in [-0.25, -0.2) is 4.98 Å². The number of benzene rings is 1. The number of esters is 1. The molecule has 0 saturated carbocycles. The normalized spacial score (nSPS) is 18.5. The van der Waals surface area contributed by atoms with Crippen LogP contribution in [0.1, 0.15) is 56.6 Å². The Hall–Kier alpha value is -2.80. The second-order valence-corrected chi connectivity index (χ2v) is 11.5. The van der Waals surface area contributed by atoms with Crippen LogP contribution in [0.3, 0.4) is 0 Å². The third-order valence-electron chi connectivity index (χ3n) is 6.13. The third kappa shape index (κ3) is 6.66. The zero-order valence-electron chi connectivity index (χ0n) is 20.8. The van der Waals surface area contributed by atoms with E-state index in [1.165, 1.54) is 0 Å². The molecule has 0 aliphatic carbocycles. The van der Waals surface area contributed by atoms with Gasteiger partial charge in [0.15, 0.2) is 5.78 Å². The van der Waals surface area contributed by atoms with Gasteiger partial charge in [0.1, 0.15) is 11.3 Å². The zero-order chi connectivity index (χ0) is 25.2. The van der Waals surface area contributed by atoms with E-state index in [0.717, 1.165) is 46.1 Å². The summed E-state index contributed by atoms with van der Waals surface area (Å²) in [6.07, 6.45) is 5.13. The highest BCUT2D eigenvalue weighted by atomic mass is 79.9. The monoisotopic (exact) mass is 537 g/mol. The van der Waals surface area contributed by atoms with E-state index < -0.39 is 5.60 Å². The number of nitrogens with zero attached hydrogens (tertiary/aromatic N) is 3. The lowest BCUT2D eigenvalue weighted by Gasteiger charge is -2.38. The molecule has 1 aromatic carbocycles. The number of hydrogen-bond acceptors (Lipinski definition) is 6. The first-order valence-electron chi connectivity index (χ1n) is 12.1. The van der Waals surface area contributed by atoms with Gasteiger partial charge in [0, 0.05) is 53.0 Å². The van der Waals surface area contributed by atoms with Gasteiger partial charge in [-0.2, -0.15) is 0 Å². The van der Waals surface area contributed by atoms with Crippen LogP contribution in [0.2, 0.25) is 0 Å². The van der Waals surface area contributed by atoms with E-state index >= 15 is 0 Å². The van der Waals surface area contributed by atoms with Crippen molar-refractivity contribution in [1.82, 2.24) is 9.97 Å². The van der Waals surface area contributed by atoms with Crippen molar-refractivity contribution in [3.63, 3.8) is 0 Å². The third-order valence-corrected chi connectivity index (χ3v) is 6.62. The molecule has 1 aliphatic heterocycles. The van der Waals surface area contributed by atoms with Gasteiger partial charge < -0.3 is 9.64 Å². The fraction of sp³-hybridized carbons (Fsp3) is 0.429. The molecule has 3 heterocycles. The largest absolute Gasteiger partial charge is 0.460 e. The smallest absolute Gasteiger partial charge is 0.306 e. The van der Waals surface area contributed by atoms with Crippen LogP contribution in [0, 0.1) is 11.8 Å². The second-order valence-electron chi connectivity index (χ2n) is 10.5. The number of fused-ring (bicyclic) bond motifs is 1. The van der Waals surface area contributed by atoms with E-state index in [-0.39, 0.29) is 24.1 Å². The number of carbonyl (C=O) groups is 2. The molecule has 1 aliphatic rings. The number of pyridine rings is 2. The van der Waals surface area contributed by atoms with Crippen molar-refractivity contribution in [2.75, 3.05) is 18.0 Å². The minimum absolute atomic E-state index is 0.0449. The number of rotatable bonds is 6. The molecule has 0 radical (unpaired) electrons. The summed E-state index contributed by atoms with van der Waals surface area (Å²) in [7, 11) is 0. The first kappa shape index (κ1) is 25.3. The van der Waals surface area contributed by atoms with E-state index in [1.807, 2.05) is 51.1 Å². The Morgan fingerprint density at radius 1 is 1.14 bits per heavy atom. The van der Waals surface area contributed by atoms with Gasteiger partial charge in [-0.3, -0.25) is 14.6 Å². The maximum atomic E-state index is 13.2. The predicted octanol–water partition coefficient (Wildman–Crippen LogP) is 6.01. The lowest BCUT2D eigenvalue weighted by atomic mass is 9.87. The Bertz CT molecular complexity index is 1240. The molecule has 7 heteroatoms. The van der Waals surface area contributed by atoms with Crippen molar-refractivity contribution in [2.24, 2.45) is 11.8 Å². The Morgan fingerprint density at radius 2 is 1.91 bits per heavy atom. The van der Waals surface area contributed by atoms with Gasteiger partial charge in [-0.15, -0.1) is 0 Å². The number of anilines is 1. The lowest BCUT2D eigenvalue weighted by molar-refractivity contribution is -0.156. The fourth-order valence-electron chi connectivity index (χ4n) is 4.82. The minimum Gasteiger partial charge on any atom is -0.460 e. The molecule has 1 saturated heterocycles. The van der Waals surface area contributed by atoms with Gasteiger partial charge in [-0.05, 0) is 63.3 Å². The van der Waals surface area contributed by atoms with Gasteiger partial charge >= 0.3 is 5.97 Å². The van der Waals surface area contributed by atoms with Crippen molar-refractivity contribution in [2.45, 2.75) is 52.6 Å². The Labute approximate surface area is 215 Å². The first-order chi connectivity index (χ1) is 16.6. The summed E-state index contributed by atoms with van der Waals surface area (Å²) < 4.78 is 6.49. The summed E-state index contributed by atoms with van der Waals surface area (Å²) in [5.41, 5.74) is 2.62. The van der Waals surface area contributed by atoms with E-state index in [1.54, 1.807) is 18.5 Å².